The van der Waals surface area contributed by atoms with E-state index in [-0.39, 0.29) is 11.8 Å². The van der Waals surface area contributed by atoms with Crippen LogP contribution in [0.5, 0.6) is 0 Å². The number of hydrogen-bond donors (Lipinski definition) is 1. The van der Waals surface area contributed by atoms with Gasteiger partial charge in [0.2, 0.25) is 11.8 Å². The molecule has 0 aliphatic carbocycles. The van der Waals surface area contributed by atoms with E-state index < -0.39 is 11.7 Å². The first kappa shape index (κ1) is 22.6. The number of amides is 2. The molecule has 6 nitrogen and oxygen atoms in total. The molecule has 2 aliphatic heterocycles. The third kappa shape index (κ3) is 6.70. The Labute approximate surface area is 175 Å². The quantitative estimate of drug-likeness (QED) is 0.646. The number of nitrogens with zero attached hydrogens (tertiary/aromatic N) is 3. The fraction of sp³-hybridized carbons (Fsp3) is 0.619. The lowest BCUT2D eigenvalue weighted by Gasteiger charge is -2.34. The summed E-state index contributed by atoms with van der Waals surface area (Å²) in [4.78, 5) is 29.7. The maximum atomic E-state index is 12.9. The smallest absolute Gasteiger partial charge is 0.355 e. The second-order valence-electron chi connectivity index (χ2n) is 7.94. The van der Waals surface area contributed by atoms with E-state index in [1.807, 2.05) is 4.90 Å². The summed E-state index contributed by atoms with van der Waals surface area (Å²) in [6, 6.07) is 5.45. The van der Waals surface area contributed by atoms with Gasteiger partial charge in [0.05, 0.1) is 12.1 Å². The van der Waals surface area contributed by atoms with Gasteiger partial charge in [-0.1, -0.05) is 18.2 Å². The van der Waals surface area contributed by atoms with Crippen molar-refractivity contribution >= 4 is 11.8 Å². The largest absolute Gasteiger partial charge is 0.416 e. The molecule has 0 bridgehead atoms. The van der Waals surface area contributed by atoms with Crippen molar-refractivity contribution in [2.75, 3.05) is 52.4 Å². The SMILES string of the molecule is O=C(CN1CCN(Cc2cccc(C(F)(F)F)c2)CC1)NCCCN1CCCC1=O. The highest BCUT2D eigenvalue weighted by molar-refractivity contribution is 5.78. The Kier molecular flexibility index (Phi) is 7.71. The first-order valence-electron chi connectivity index (χ1n) is 10.5. The Morgan fingerprint density at radius 3 is 2.47 bits per heavy atom. The molecule has 2 saturated heterocycles. The molecule has 1 aromatic carbocycles. The lowest BCUT2D eigenvalue weighted by Crippen LogP contribution is -2.49. The highest BCUT2D eigenvalue weighted by atomic mass is 19.4. The molecular weight excluding hydrogens is 397 g/mol. The second-order valence-corrected chi connectivity index (χ2v) is 7.94. The van der Waals surface area contributed by atoms with E-state index in [9.17, 15) is 22.8 Å². The molecule has 166 valence electrons. The van der Waals surface area contributed by atoms with Crippen molar-refractivity contribution in [3.8, 4) is 0 Å². The molecule has 30 heavy (non-hydrogen) atoms. The second kappa shape index (κ2) is 10.3. The number of piperazine rings is 1. The van der Waals surface area contributed by atoms with E-state index in [0.717, 1.165) is 25.5 Å². The Morgan fingerprint density at radius 2 is 1.80 bits per heavy atom. The highest BCUT2D eigenvalue weighted by Crippen LogP contribution is 2.29. The molecular formula is C21H29F3N4O2. The van der Waals surface area contributed by atoms with Crippen molar-refractivity contribution in [3.63, 3.8) is 0 Å². The number of hydrogen-bond acceptors (Lipinski definition) is 4. The van der Waals surface area contributed by atoms with Gasteiger partial charge in [0.15, 0.2) is 0 Å². The number of carbonyl (C=O) groups is 2. The van der Waals surface area contributed by atoms with Crippen LogP contribution < -0.4 is 5.32 Å². The Morgan fingerprint density at radius 1 is 1.07 bits per heavy atom. The highest BCUT2D eigenvalue weighted by Gasteiger charge is 2.30. The molecule has 2 amide bonds. The van der Waals surface area contributed by atoms with E-state index in [4.69, 9.17) is 0 Å². The number of alkyl halides is 3. The van der Waals surface area contributed by atoms with Gasteiger partial charge in [0, 0.05) is 58.8 Å². The molecule has 0 saturated carbocycles. The molecule has 0 radical (unpaired) electrons. The standard InChI is InChI=1S/C21H29F3N4O2/c22-21(23,24)18-5-1-4-17(14-18)15-26-10-12-27(13-11-26)16-19(29)25-7-3-9-28-8-2-6-20(28)30/h1,4-5,14H,2-3,6-13,15-16H2,(H,25,29). The van der Waals surface area contributed by atoms with Crippen LogP contribution in [0.1, 0.15) is 30.4 Å². The topological polar surface area (TPSA) is 55.9 Å². The minimum Gasteiger partial charge on any atom is -0.355 e. The van der Waals surface area contributed by atoms with Crippen LogP contribution >= 0.6 is 0 Å². The first-order valence-corrected chi connectivity index (χ1v) is 10.5. The van der Waals surface area contributed by atoms with E-state index >= 15 is 0 Å². The summed E-state index contributed by atoms with van der Waals surface area (Å²) in [6.07, 6.45) is -2.02. The van der Waals surface area contributed by atoms with Crippen molar-refractivity contribution in [1.29, 1.82) is 0 Å². The van der Waals surface area contributed by atoms with Gasteiger partial charge in [-0.15, -0.1) is 0 Å². The van der Waals surface area contributed by atoms with Crippen molar-refractivity contribution < 1.29 is 22.8 Å². The van der Waals surface area contributed by atoms with E-state index in [1.54, 1.807) is 6.07 Å². The lowest BCUT2D eigenvalue weighted by molar-refractivity contribution is -0.137. The molecule has 2 heterocycles. The summed E-state index contributed by atoms with van der Waals surface area (Å²) in [5.41, 5.74) is 0.0249. The molecule has 2 fully saturated rings. The third-order valence-corrected chi connectivity index (χ3v) is 5.59. The fourth-order valence-electron chi connectivity index (χ4n) is 3.91. The van der Waals surface area contributed by atoms with Crippen LogP contribution in [0.4, 0.5) is 13.2 Å². The van der Waals surface area contributed by atoms with Gasteiger partial charge in [-0.05, 0) is 24.5 Å². The summed E-state index contributed by atoms with van der Waals surface area (Å²) in [6.45, 7) is 5.67. The number of likely N-dealkylation sites (tertiary alicyclic amines) is 1. The number of rotatable bonds is 8. The van der Waals surface area contributed by atoms with Crippen molar-refractivity contribution in [3.05, 3.63) is 35.4 Å². The van der Waals surface area contributed by atoms with Gasteiger partial charge < -0.3 is 10.2 Å². The van der Waals surface area contributed by atoms with Crippen molar-refractivity contribution in [2.45, 2.75) is 32.0 Å². The maximum absolute atomic E-state index is 12.9. The van der Waals surface area contributed by atoms with Crippen LogP contribution in [-0.4, -0.2) is 78.9 Å². The van der Waals surface area contributed by atoms with Crippen LogP contribution in [0.15, 0.2) is 24.3 Å². The molecule has 3 rings (SSSR count). The monoisotopic (exact) mass is 426 g/mol. The number of benzene rings is 1. The summed E-state index contributed by atoms with van der Waals surface area (Å²) in [5.74, 6) is 0.165. The van der Waals surface area contributed by atoms with Gasteiger partial charge in [-0.3, -0.25) is 19.4 Å². The van der Waals surface area contributed by atoms with Gasteiger partial charge >= 0.3 is 6.18 Å². The Hall–Kier alpha value is -2.13. The third-order valence-electron chi connectivity index (χ3n) is 5.59. The fourth-order valence-corrected chi connectivity index (χ4v) is 3.91. The van der Waals surface area contributed by atoms with Crippen molar-refractivity contribution in [1.82, 2.24) is 20.0 Å². The molecule has 0 aromatic heterocycles. The average molecular weight is 426 g/mol. The molecule has 2 aliphatic rings. The van der Waals surface area contributed by atoms with E-state index in [2.05, 4.69) is 15.1 Å². The zero-order valence-electron chi connectivity index (χ0n) is 17.1. The summed E-state index contributed by atoms with van der Waals surface area (Å²) in [5, 5.41) is 2.90. The zero-order valence-corrected chi connectivity index (χ0v) is 17.1. The molecule has 0 unspecified atom stereocenters. The number of carbonyl (C=O) groups excluding carboxylic acids is 2. The Balaban J connectivity index is 1.32. The zero-order chi connectivity index (χ0) is 21.6. The van der Waals surface area contributed by atoms with E-state index in [1.165, 1.54) is 12.1 Å². The molecule has 0 spiro atoms. The predicted octanol–water partition coefficient (Wildman–Crippen LogP) is 1.95. The van der Waals surface area contributed by atoms with E-state index in [0.29, 0.717) is 64.3 Å². The van der Waals surface area contributed by atoms with Crippen LogP contribution in [0, 0.1) is 0 Å². The summed E-state index contributed by atoms with van der Waals surface area (Å²) >= 11 is 0. The summed E-state index contributed by atoms with van der Waals surface area (Å²) < 4.78 is 38.6. The van der Waals surface area contributed by atoms with Crippen LogP contribution in [0.25, 0.3) is 0 Å². The normalized spacial score (nSPS) is 18.8. The molecule has 9 heteroatoms. The summed E-state index contributed by atoms with van der Waals surface area (Å²) in [7, 11) is 0. The first-order chi connectivity index (χ1) is 14.3. The maximum Gasteiger partial charge on any atom is 0.416 e. The average Bonchev–Trinajstić information content (AvgIpc) is 3.11. The van der Waals surface area contributed by atoms with Crippen molar-refractivity contribution in [2.24, 2.45) is 0 Å². The predicted molar refractivity (Wildman–Crippen MR) is 107 cm³/mol. The lowest BCUT2D eigenvalue weighted by atomic mass is 10.1. The minimum atomic E-state index is -4.33. The van der Waals surface area contributed by atoms with Gasteiger partial charge in [0.25, 0.3) is 0 Å². The van der Waals surface area contributed by atoms with Crippen LogP contribution in [-0.2, 0) is 22.3 Å². The molecule has 1 N–H and O–H groups in total. The molecule has 0 atom stereocenters. The van der Waals surface area contributed by atoms with Gasteiger partial charge in [-0.2, -0.15) is 13.2 Å². The Bertz CT molecular complexity index is 733. The number of halogens is 3. The van der Waals surface area contributed by atoms with Crippen LogP contribution in [0.3, 0.4) is 0 Å². The van der Waals surface area contributed by atoms with Gasteiger partial charge in [-0.25, -0.2) is 0 Å². The minimum absolute atomic E-state index is 0.0333. The number of nitrogens with one attached hydrogen (secondary N) is 1. The van der Waals surface area contributed by atoms with Gasteiger partial charge in [0.1, 0.15) is 0 Å². The van der Waals surface area contributed by atoms with Crippen LogP contribution in [0.2, 0.25) is 0 Å². The molecule has 1 aromatic rings.